The molecule has 0 bridgehead atoms. The third kappa shape index (κ3) is 3.53. The summed E-state index contributed by atoms with van der Waals surface area (Å²) >= 11 is 5.60. The van der Waals surface area contributed by atoms with Gasteiger partial charge in [-0.25, -0.2) is 4.98 Å². The number of carbonyl (C=O) groups excluding carboxylic acids is 1. The molecule has 0 unspecified atom stereocenters. The van der Waals surface area contributed by atoms with Crippen LogP contribution in [0.5, 0.6) is 0 Å². The standard InChI is InChI=1S/C10H10ClN3O3/c1-2-3-4-12-10(15)7-5-9(11)13-6-8(7)14(16)17/h2,5-6H,1,3-4H2,(H,12,15). The molecule has 0 aromatic carbocycles. The van der Waals surface area contributed by atoms with Gasteiger partial charge in [0, 0.05) is 6.54 Å². The van der Waals surface area contributed by atoms with Crippen molar-refractivity contribution in [3.05, 3.63) is 45.7 Å². The Balaban J connectivity index is 2.94. The van der Waals surface area contributed by atoms with Crippen LogP contribution in [-0.4, -0.2) is 22.4 Å². The van der Waals surface area contributed by atoms with E-state index in [-0.39, 0.29) is 16.4 Å². The van der Waals surface area contributed by atoms with Crippen molar-refractivity contribution in [3.8, 4) is 0 Å². The molecule has 0 saturated carbocycles. The Morgan fingerprint density at radius 2 is 2.41 bits per heavy atom. The molecule has 0 aliphatic rings. The normalized spacial score (nSPS) is 9.71. The van der Waals surface area contributed by atoms with Crippen LogP contribution >= 0.6 is 11.6 Å². The highest BCUT2D eigenvalue weighted by Gasteiger charge is 2.20. The summed E-state index contributed by atoms with van der Waals surface area (Å²) in [7, 11) is 0. The summed E-state index contributed by atoms with van der Waals surface area (Å²) < 4.78 is 0. The largest absolute Gasteiger partial charge is 0.352 e. The first kappa shape index (κ1) is 13.1. The molecule has 6 nitrogen and oxygen atoms in total. The van der Waals surface area contributed by atoms with Crippen LogP contribution in [0.25, 0.3) is 0 Å². The molecule has 1 aromatic rings. The van der Waals surface area contributed by atoms with Crippen molar-refractivity contribution in [2.75, 3.05) is 6.54 Å². The fraction of sp³-hybridized carbons (Fsp3) is 0.200. The Kier molecular flexibility index (Phi) is 4.59. The van der Waals surface area contributed by atoms with E-state index in [0.29, 0.717) is 13.0 Å². The predicted molar refractivity (Wildman–Crippen MR) is 63.0 cm³/mol. The zero-order valence-electron chi connectivity index (χ0n) is 8.85. The molecule has 0 spiro atoms. The van der Waals surface area contributed by atoms with Gasteiger partial charge < -0.3 is 5.32 Å². The number of aromatic nitrogens is 1. The quantitative estimate of drug-likeness (QED) is 0.286. The minimum atomic E-state index is -0.675. The van der Waals surface area contributed by atoms with Gasteiger partial charge in [0.1, 0.15) is 16.9 Å². The summed E-state index contributed by atoms with van der Waals surface area (Å²) in [5, 5.41) is 13.2. The van der Waals surface area contributed by atoms with Crippen molar-refractivity contribution in [3.63, 3.8) is 0 Å². The summed E-state index contributed by atoms with van der Waals surface area (Å²) in [6, 6.07) is 1.17. The van der Waals surface area contributed by atoms with E-state index in [1.165, 1.54) is 6.07 Å². The van der Waals surface area contributed by atoms with Gasteiger partial charge in [0.15, 0.2) is 0 Å². The molecule has 0 radical (unpaired) electrons. The van der Waals surface area contributed by atoms with Crippen LogP contribution < -0.4 is 5.32 Å². The van der Waals surface area contributed by atoms with Crippen molar-refractivity contribution in [2.45, 2.75) is 6.42 Å². The van der Waals surface area contributed by atoms with Crippen LogP contribution in [0.2, 0.25) is 5.15 Å². The Labute approximate surface area is 102 Å². The number of carbonyl (C=O) groups is 1. The van der Waals surface area contributed by atoms with Crippen molar-refractivity contribution in [2.24, 2.45) is 0 Å². The first-order chi connectivity index (χ1) is 8.06. The molecule has 1 amide bonds. The average molecular weight is 256 g/mol. The molecule has 0 atom stereocenters. The lowest BCUT2D eigenvalue weighted by molar-refractivity contribution is -0.385. The van der Waals surface area contributed by atoms with E-state index in [9.17, 15) is 14.9 Å². The lowest BCUT2D eigenvalue weighted by Gasteiger charge is -2.04. The topological polar surface area (TPSA) is 85.1 Å². The minimum absolute atomic E-state index is 0.0319. The van der Waals surface area contributed by atoms with Crippen molar-refractivity contribution in [1.29, 1.82) is 0 Å². The monoisotopic (exact) mass is 255 g/mol. The molecule has 0 aliphatic carbocycles. The summed E-state index contributed by atoms with van der Waals surface area (Å²) in [6.07, 6.45) is 3.18. The SMILES string of the molecule is C=CCCNC(=O)c1cc(Cl)ncc1[N+](=O)[O-]. The Morgan fingerprint density at radius 1 is 1.71 bits per heavy atom. The van der Waals surface area contributed by atoms with Gasteiger partial charge in [-0.05, 0) is 12.5 Å². The first-order valence-electron chi connectivity index (χ1n) is 4.75. The maximum atomic E-state index is 11.7. The fourth-order valence-corrected chi connectivity index (χ4v) is 1.29. The Hall–Kier alpha value is -1.95. The van der Waals surface area contributed by atoms with Gasteiger partial charge in [-0.2, -0.15) is 0 Å². The van der Waals surface area contributed by atoms with Gasteiger partial charge in [0.2, 0.25) is 0 Å². The number of nitro groups is 1. The Morgan fingerprint density at radius 3 is 3.00 bits per heavy atom. The number of rotatable bonds is 5. The van der Waals surface area contributed by atoms with Crippen LogP contribution in [0.4, 0.5) is 5.69 Å². The molecule has 0 aliphatic heterocycles. The molecule has 1 heterocycles. The molecule has 1 N–H and O–H groups in total. The number of amides is 1. The maximum absolute atomic E-state index is 11.7. The third-order valence-electron chi connectivity index (χ3n) is 1.92. The number of halogens is 1. The summed E-state index contributed by atoms with van der Waals surface area (Å²) in [6.45, 7) is 3.86. The van der Waals surface area contributed by atoms with Crippen LogP contribution in [-0.2, 0) is 0 Å². The van der Waals surface area contributed by atoms with Gasteiger partial charge in [-0.3, -0.25) is 14.9 Å². The van der Waals surface area contributed by atoms with Crippen molar-refractivity contribution < 1.29 is 9.72 Å². The lowest BCUT2D eigenvalue weighted by Crippen LogP contribution is -2.25. The molecule has 1 rings (SSSR count). The van der Waals surface area contributed by atoms with E-state index in [4.69, 9.17) is 11.6 Å². The van der Waals surface area contributed by atoms with Gasteiger partial charge >= 0.3 is 0 Å². The second-order valence-electron chi connectivity index (χ2n) is 3.11. The highest BCUT2D eigenvalue weighted by Crippen LogP contribution is 2.19. The second-order valence-corrected chi connectivity index (χ2v) is 3.50. The van der Waals surface area contributed by atoms with E-state index in [0.717, 1.165) is 6.20 Å². The van der Waals surface area contributed by atoms with Crippen LogP contribution in [0.3, 0.4) is 0 Å². The number of hydrogen-bond acceptors (Lipinski definition) is 4. The van der Waals surface area contributed by atoms with Gasteiger partial charge in [-0.1, -0.05) is 17.7 Å². The predicted octanol–water partition coefficient (Wildman–Crippen LogP) is 1.95. The minimum Gasteiger partial charge on any atom is -0.352 e. The van der Waals surface area contributed by atoms with E-state index < -0.39 is 10.8 Å². The molecule has 1 aromatic heterocycles. The van der Waals surface area contributed by atoms with Crippen molar-refractivity contribution in [1.82, 2.24) is 10.3 Å². The van der Waals surface area contributed by atoms with Gasteiger partial charge in [-0.15, -0.1) is 6.58 Å². The second kappa shape index (κ2) is 5.95. The molecule has 0 saturated heterocycles. The van der Waals surface area contributed by atoms with E-state index >= 15 is 0 Å². The summed E-state index contributed by atoms with van der Waals surface area (Å²) in [4.78, 5) is 25.2. The molecule has 17 heavy (non-hydrogen) atoms. The van der Waals surface area contributed by atoms with Gasteiger partial charge in [0.25, 0.3) is 11.6 Å². The molecule has 0 fully saturated rings. The zero-order chi connectivity index (χ0) is 12.8. The highest BCUT2D eigenvalue weighted by molar-refractivity contribution is 6.29. The first-order valence-corrected chi connectivity index (χ1v) is 5.13. The van der Waals surface area contributed by atoms with Crippen molar-refractivity contribution >= 4 is 23.2 Å². The number of nitrogens with zero attached hydrogens (tertiary/aromatic N) is 2. The summed E-state index contributed by atoms with van der Waals surface area (Å²) in [5.74, 6) is -0.553. The van der Waals surface area contributed by atoms with E-state index in [2.05, 4.69) is 16.9 Å². The van der Waals surface area contributed by atoms with Gasteiger partial charge in [0.05, 0.1) is 4.92 Å². The lowest BCUT2D eigenvalue weighted by atomic mass is 10.2. The summed E-state index contributed by atoms with van der Waals surface area (Å²) in [5.41, 5.74) is -0.468. The van der Waals surface area contributed by atoms with E-state index in [1.807, 2.05) is 0 Å². The average Bonchev–Trinajstić information content (AvgIpc) is 2.28. The number of pyridine rings is 1. The Bertz CT molecular complexity index is 462. The van der Waals surface area contributed by atoms with E-state index in [1.54, 1.807) is 6.08 Å². The molecule has 90 valence electrons. The molecular weight excluding hydrogens is 246 g/mol. The third-order valence-corrected chi connectivity index (χ3v) is 2.13. The molecular formula is C10H10ClN3O3. The fourth-order valence-electron chi connectivity index (χ4n) is 1.13. The van der Waals surface area contributed by atoms with Crippen LogP contribution in [0.1, 0.15) is 16.8 Å². The smallest absolute Gasteiger partial charge is 0.300 e. The number of hydrogen-bond donors (Lipinski definition) is 1. The number of nitrogens with one attached hydrogen (secondary N) is 1. The van der Waals surface area contributed by atoms with Crippen LogP contribution in [0, 0.1) is 10.1 Å². The molecule has 7 heteroatoms. The maximum Gasteiger partial charge on any atom is 0.300 e. The highest BCUT2D eigenvalue weighted by atomic mass is 35.5. The zero-order valence-corrected chi connectivity index (χ0v) is 9.61. The van der Waals surface area contributed by atoms with Crippen LogP contribution in [0.15, 0.2) is 24.9 Å².